The number of fused-ring (bicyclic) bond motifs is 1. The van der Waals surface area contributed by atoms with E-state index in [-0.39, 0.29) is 11.9 Å². The lowest BCUT2D eigenvalue weighted by atomic mass is 10.1. The molecular weight excluding hydrogens is 260 g/mol. The van der Waals surface area contributed by atoms with Crippen LogP contribution >= 0.6 is 11.6 Å². The average Bonchev–Trinajstić information content (AvgIpc) is 2.94. The number of rotatable bonds is 2. The van der Waals surface area contributed by atoms with Crippen molar-refractivity contribution in [1.82, 2.24) is 9.88 Å². The molecule has 1 aromatic heterocycles. The molecule has 3 rings (SSSR count). The van der Waals surface area contributed by atoms with Crippen LogP contribution in [0.2, 0.25) is 0 Å². The van der Waals surface area contributed by atoms with Crippen molar-refractivity contribution < 1.29 is 4.79 Å². The predicted molar refractivity (Wildman–Crippen MR) is 76.5 cm³/mol. The minimum absolute atomic E-state index is 0.0000463. The molecule has 2 heterocycles. The van der Waals surface area contributed by atoms with Gasteiger partial charge >= 0.3 is 0 Å². The number of hydrogen-bond acceptors (Lipinski definition) is 2. The number of carbonyl (C=O) groups excluding carboxylic acids is 1. The van der Waals surface area contributed by atoms with Crippen molar-refractivity contribution in [3.05, 3.63) is 42.2 Å². The Kier molecular flexibility index (Phi) is 3.38. The fourth-order valence-corrected chi connectivity index (χ4v) is 3.01. The van der Waals surface area contributed by atoms with Crippen molar-refractivity contribution in [2.45, 2.75) is 18.9 Å². The minimum Gasteiger partial charge on any atom is -0.333 e. The Morgan fingerprint density at radius 1 is 1.37 bits per heavy atom. The standard InChI is InChI=1S/C15H15ClN2O/c16-10-12-5-3-9-18(12)15(19)14-13-6-2-1-4-11(13)7-8-17-14/h1-2,4,6-8,12H,3,5,9-10H2. The zero-order valence-corrected chi connectivity index (χ0v) is 11.3. The molecule has 0 aliphatic carbocycles. The van der Waals surface area contributed by atoms with E-state index in [1.165, 1.54) is 0 Å². The summed E-state index contributed by atoms with van der Waals surface area (Å²) in [6.07, 6.45) is 3.70. The normalized spacial score (nSPS) is 19.0. The highest BCUT2D eigenvalue weighted by Gasteiger charge is 2.30. The maximum Gasteiger partial charge on any atom is 0.273 e. The molecule has 98 valence electrons. The third-order valence-electron chi connectivity index (χ3n) is 3.69. The van der Waals surface area contributed by atoms with Gasteiger partial charge in [0.15, 0.2) is 0 Å². The molecule has 0 radical (unpaired) electrons. The summed E-state index contributed by atoms with van der Waals surface area (Å²) >= 11 is 5.94. The third kappa shape index (κ3) is 2.19. The summed E-state index contributed by atoms with van der Waals surface area (Å²) in [6, 6.07) is 9.92. The lowest BCUT2D eigenvalue weighted by Crippen LogP contribution is -2.37. The molecule has 3 nitrogen and oxygen atoms in total. The van der Waals surface area contributed by atoms with E-state index in [2.05, 4.69) is 4.98 Å². The number of likely N-dealkylation sites (tertiary alicyclic amines) is 1. The smallest absolute Gasteiger partial charge is 0.273 e. The van der Waals surface area contributed by atoms with Crippen LogP contribution < -0.4 is 0 Å². The Balaban J connectivity index is 2.02. The summed E-state index contributed by atoms with van der Waals surface area (Å²) in [5.41, 5.74) is 0.537. The van der Waals surface area contributed by atoms with Gasteiger partial charge in [-0.25, -0.2) is 0 Å². The maximum atomic E-state index is 12.6. The number of hydrogen-bond donors (Lipinski definition) is 0. The van der Waals surface area contributed by atoms with E-state index >= 15 is 0 Å². The van der Waals surface area contributed by atoms with Crippen molar-refractivity contribution in [2.75, 3.05) is 12.4 Å². The summed E-state index contributed by atoms with van der Waals surface area (Å²) in [5.74, 6) is 0.496. The molecule has 1 unspecified atom stereocenters. The molecule has 1 aromatic carbocycles. The van der Waals surface area contributed by atoms with Gasteiger partial charge in [0.2, 0.25) is 0 Å². The van der Waals surface area contributed by atoms with Crippen LogP contribution in [0.5, 0.6) is 0 Å². The molecule has 1 aliphatic heterocycles. The predicted octanol–water partition coefficient (Wildman–Crippen LogP) is 3.08. The number of aromatic nitrogens is 1. The van der Waals surface area contributed by atoms with Gasteiger partial charge in [-0.1, -0.05) is 24.3 Å². The van der Waals surface area contributed by atoms with Gasteiger partial charge in [-0.2, -0.15) is 0 Å². The molecule has 0 bridgehead atoms. The molecule has 1 atom stereocenters. The number of pyridine rings is 1. The fraction of sp³-hybridized carbons (Fsp3) is 0.333. The summed E-state index contributed by atoms with van der Waals surface area (Å²) in [5, 5.41) is 1.96. The number of halogens is 1. The SMILES string of the molecule is O=C(c1nccc2ccccc12)N1CCCC1CCl. The second-order valence-electron chi connectivity index (χ2n) is 4.83. The molecule has 19 heavy (non-hydrogen) atoms. The molecule has 4 heteroatoms. The third-order valence-corrected chi connectivity index (χ3v) is 4.05. The molecule has 1 fully saturated rings. The number of amides is 1. The van der Waals surface area contributed by atoms with E-state index in [4.69, 9.17) is 11.6 Å². The zero-order valence-electron chi connectivity index (χ0n) is 10.6. The van der Waals surface area contributed by atoms with Crippen LogP contribution in [0, 0.1) is 0 Å². The van der Waals surface area contributed by atoms with Crippen molar-refractivity contribution in [1.29, 1.82) is 0 Å². The molecule has 0 spiro atoms. The number of carbonyl (C=O) groups is 1. The van der Waals surface area contributed by atoms with Crippen LogP contribution in [0.1, 0.15) is 23.3 Å². The topological polar surface area (TPSA) is 33.2 Å². The van der Waals surface area contributed by atoms with Gasteiger partial charge in [0.05, 0.1) is 0 Å². The van der Waals surface area contributed by atoms with Gasteiger partial charge in [-0.15, -0.1) is 11.6 Å². The van der Waals surface area contributed by atoms with Crippen LogP contribution in [0.15, 0.2) is 36.5 Å². The second kappa shape index (κ2) is 5.17. The highest BCUT2D eigenvalue weighted by molar-refractivity contribution is 6.18. The summed E-state index contributed by atoms with van der Waals surface area (Å²) in [4.78, 5) is 18.8. The first kappa shape index (κ1) is 12.4. The monoisotopic (exact) mass is 274 g/mol. The molecule has 1 amide bonds. The average molecular weight is 275 g/mol. The zero-order chi connectivity index (χ0) is 13.2. The number of nitrogens with zero attached hydrogens (tertiary/aromatic N) is 2. The van der Waals surface area contributed by atoms with Gasteiger partial charge in [-0.3, -0.25) is 9.78 Å². The number of benzene rings is 1. The van der Waals surface area contributed by atoms with E-state index in [0.29, 0.717) is 11.6 Å². The maximum absolute atomic E-state index is 12.6. The Morgan fingerprint density at radius 2 is 2.21 bits per heavy atom. The van der Waals surface area contributed by atoms with E-state index in [0.717, 1.165) is 30.2 Å². The number of alkyl halides is 1. The van der Waals surface area contributed by atoms with Gasteiger partial charge in [0.1, 0.15) is 5.69 Å². The van der Waals surface area contributed by atoms with Gasteiger partial charge < -0.3 is 4.90 Å². The Labute approximate surface area is 117 Å². The fourth-order valence-electron chi connectivity index (χ4n) is 2.69. The quantitative estimate of drug-likeness (QED) is 0.789. The minimum atomic E-state index is -0.0000463. The Bertz CT molecular complexity index is 609. The first-order valence-electron chi connectivity index (χ1n) is 6.52. The van der Waals surface area contributed by atoms with Crippen molar-refractivity contribution in [2.24, 2.45) is 0 Å². The summed E-state index contributed by atoms with van der Waals surface area (Å²) in [7, 11) is 0. The van der Waals surface area contributed by atoms with E-state index in [9.17, 15) is 4.79 Å². The van der Waals surface area contributed by atoms with Crippen LogP contribution in [0.25, 0.3) is 10.8 Å². The largest absolute Gasteiger partial charge is 0.333 e. The van der Waals surface area contributed by atoms with Gasteiger partial charge in [-0.05, 0) is 24.3 Å². The van der Waals surface area contributed by atoms with Crippen LogP contribution in [-0.4, -0.2) is 34.3 Å². The van der Waals surface area contributed by atoms with E-state index in [1.807, 2.05) is 35.2 Å². The van der Waals surface area contributed by atoms with Crippen molar-refractivity contribution >= 4 is 28.3 Å². The van der Waals surface area contributed by atoms with Crippen LogP contribution in [0.3, 0.4) is 0 Å². The first-order chi connectivity index (χ1) is 9.31. The lowest BCUT2D eigenvalue weighted by molar-refractivity contribution is 0.0745. The highest BCUT2D eigenvalue weighted by atomic mass is 35.5. The molecular formula is C15H15ClN2O. The molecule has 0 N–H and O–H groups in total. The van der Waals surface area contributed by atoms with Crippen LogP contribution in [0.4, 0.5) is 0 Å². The van der Waals surface area contributed by atoms with Gasteiger partial charge in [0.25, 0.3) is 5.91 Å². The Hall–Kier alpha value is -1.61. The second-order valence-corrected chi connectivity index (χ2v) is 5.14. The summed E-state index contributed by atoms with van der Waals surface area (Å²) in [6.45, 7) is 0.779. The van der Waals surface area contributed by atoms with E-state index in [1.54, 1.807) is 6.20 Å². The molecule has 1 aliphatic rings. The lowest BCUT2D eigenvalue weighted by Gasteiger charge is -2.23. The van der Waals surface area contributed by atoms with E-state index < -0.39 is 0 Å². The molecule has 1 saturated heterocycles. The van der Waals surface area contributed by atoms with Crippen molar-refractivity contribution in [3.63, 3.8) is 0 Å². The van der Waals surface area contributed by atoms with Crippen LogP contribution in [-0.2, 0) is 0 Å². The molecule has 2 aromatic rings. The van der Waals surface area contributed by atoms with Gasteiger partial charge in [0, 0.05) is 30.0 Å². The molecule has 0 saturated carbocycles. The summed E-state index contributed by atoms with van der Waals surface area (Å²) < 4.78 is 0. The first-order valence-corrected chi connectivity index (χ1v) is 7.05. The Morgan fingerprint density at radius 3 is 3.05 bits per heavy atom. The highest BCUT2D eigenvalue weighted by Crippen LogP contribution is 2.23. The van der Waals surface area contributed by atoms with Crippen molar-refractivity contribution in [3.8, 4) is 0 Å².